The molecule has 1 heterocycles. The average Bonchev–Trinajstić information content (AvgIpc) is 2.94. The Bertz CT molecular complexity index is 582. The number of hydrogen-bond donors (Lipinski definition) is 2. The Hall–Kier alpha value is -1.84. The number of aliphatic carboxylic acids is 1. The molecule has 2 aromatic rings. The molecule has 0 spiro atoms. The van der Waals surface area contributed by atoms with Crippen molar-refractivity contribution in [3.05, 3.63) is 29.6 Å². The summed E-state index contributed by atoms with van der Waals surface area (Å²) in [4.78, 5) is 18.7. The SMILES string of the molecule is Cc1cccc2[nH]c(C3(C(=O)O)CC3)nc12. The Morgan fingerprint density at radius 2 is 2.25 bits per heavy atom. The van der Waals surface area contributed by atoms with Gasteiger partial charge in [0, 0.05) is 0 Å². The number of para-hydroxylation sites is 1. The van der Waals surface area contributed by atoms with Crippen LogP contribution in [0.25, 0.3) is 11.0 Å². The second-order valence-electron chi connectivity index (χ2n) is 4.44. The van der Waals surface area contributed by atoms with Crippen molar-refractivity contribution < 1.29 is 9.90 Å². The van der Waals surface area contributed by atoms with Gasteiger partial charge in [-0.15, -0.1) is 0 Å². The fourth-order valence-corrected chi connectivity index (χ4v) is 2.08. The van der Waals surface area contributed by atoms with Crippen molar-refractivity contribution in [1.82, 2.24) is 9.97 Å². The Kier molecular flexibility index (Phi) is 1.67. The van der Waals surface area contributed by atoms with Crippen molar-refractivity contribution in [2.75, 3.05) is 0 Å². The number of aryl methyl sites for hydroxylation is 1. The average molecular weight is 216 g/mol. The zero-order chi connectivity index (χ0) is 11.3. The van der Waals surface area contributed by atoms with Gasteiger partial charge in [-0.3, -0.25) is 4.79 Å². The van der Waals surface area contributed by atoms with Crippen LogP contribution in [0.2, 0.25) is 0 Å². The van der Waals surface area contributed by atoms with E-state index in [1.807, 2.05) is 25.1 Å². The number of aromatic amines is 1. The van der Waals surface area contributed by atoms with Crippen molar-refractivity contribution in [3.63, 3.8) is 0 Å². The quantitative estimate of drug-likeness (QED) is 0.806. The summed E-state index contributed by atoms with van der Waals surface area (Å²) in [5.74, 6) is -0.173. The lowest BCUT2D eigenvalue weighted by Crippen LogP contribution is -2.20. The van der Waals surface area contributed by atoms with E-state index < -0.39 is 11.4 Å². The van der Waals surface area contributed by atoms with E-state index in [2.05, 4.69) is 9.97 Å². The minimum absolute atomic E-state index is 0.601. The number of benzene rings is 1. The molecule has 0 radical (unpaired) electrons. The molecular weight excluding hydrogens is 204 g/mol. The molecule has 0 unspecified atom stereocenters. The number of nitrogens with zero attached hydrogens (tertiary/aromatic N) is 1. The fraction of sp³-hybridized carbons (Fsp3) is 0.333. The third kappa shape index (κ3) is 1.10. The molecule has 2 N–H and O–H groups in total. The van der Waals surface area contributed by atoms with Gasteiger partial charge in [-0.05, 0) is 31.4 Å². The van der Waals surface area contributed by atoms with Gasteiger partial charge < -0.3 is 10.1 Å². The van der Waals surface area contributed by atoms with Crippen LogP contribution < -0.4 is 0 Å². The van der Waals surface area contributed by atoms with Crippen LogP contribution in [0.5, 0.6) is 0 Å². The number of fused-ring (bicyclic) bond motifs is 1. The van der Waals surface area contributed by atoms with Gasteiger partial charge in [0.05, 0.1) is 11.0 Å². The van der Waals surface area contributed by atoms with Crippen LogP contribution in [-0.4, -0.2) is 21.0 Å². The van der Waals surface area contributed by atoms with E-state index in [4.69, 9.17) is 0 Å². The maximum atomic E-state index is 11.2. The first kappa shape index (κ1) is 9.39. The molecule has 1 saturated carbocycles. The van der Waals surface area contributed by atoms with Crippen LogP contribution in [0.3, 0.4) is 0 Å². The second kappa shape index (κ2) is 2.84. The van der Waals surface area contributed by atoms with E-state index in [-0.39, 0.29) is 0 Å². The highest BCUT2D eigenvalue weighted by atomic mass is 16.4. The lowest BCUT2D eigenvalue weighted by Gasteiger charge is -2.03. The van der Waals surface area contributed by atoms with Crippen LogP contribution in [-0.2, 0) is 10.2 Å². The van der Waals surface area contributed by atoms with E-state index >= 15 is 0 Å². The molecule has 82 valence electrons. The van der Waals surface area contributed by atoms with Gasteiger partial charge in [-0.1, -0.05) is 12.1 Å². The maximum Gasteiger partial charge on any atom is 0.317 e. The molecule has 0 atom stereocenters. The zero-order valence-corrected chi connectivity index (χ0v) is 8.95. The molecule has 1 aromatic heterocycles. The smallest absolute Gasteiger partial charge is 0.317 e. The summed E-state index contributed by atoms with van der Waals surface area (Å²) in [6, 6.07) is 5.85. The van der Waals surface area contributed by atoms with Gasteiger partial charge in [0.25, 0.3) is 0 Å². The van der Waals surface area contributed by atoms with Crippen molar-refractivity contribution >= 4 is 17.0 Å². The van der Waals surface area contributed by atoms with Crippen LogP contribution >= 0.6 is 0 Å². The largest absolute Gasteiger partial charge is 0.480 e. The minimum Gasteiger partial charge on any atom is -0.480 e. The highest BCUT2D eigenvalue weighted by molar-refractivity contribution is 5.86. The highest BCUT2D eigenvalue weighted by Gasteiger charge is 2.54. The zero-order valence-electron chi connectivity index (χ0n) is 8.95. The Labute approximate surface area is 92.3 Å². The van der Waals surface area contributed by atoms with Gasteiger partial charge in [-0.25, -0.2) is 4.98 Å². The standard InChI is InChI=1S/C12H12N2O2/c1-7-3-2-4-8-9(7)14-10(13-8)12(5-6-12)11(15)16/h2-4H,5-6H2,1H3,(H,13,14)(H,15,16). The van der Waals surface area contributed by atoms with Gasteiger partial charge in [0.2, 0.25) is 0 Å². The maximum absolute atomic E-state index is 11.2. The number of hydrogen-bond acceptors (Lipinski definition) is 2. The van der Waals surface area contributed by atoms with Gasteiger partial charge >= 0.3 is 5.97 Å². The van der Waals surface area contributed by atoms with Crippen molar-refractivity contribution in [1.29, 1.82) is 0 Å². The normalized spacial score (nSPS) is 17.6. The summed E-state index contributed by atoms with van der Waals surface area (Å²) >= 11 is 0. The Morgan fingerprint density at radius 1 is 1.50 bits per heavy atom. The lowest BCUT2D eigenvalue weighted by molar-refractivity contribution is -0.140. The van der Waals surface area contributed by atoms with E-state index in [0.29, 0.717) is 18.7 Å². The van der Waals surface area contributed by atoms with E-state index in [9.17, 15) is 9.90 Å². The molecule has 1 aliphatic carbocycles. The molecule has 3 rings (SSSR count). The number of carboxylic acids is 1. The fourth-order valence-electron chi connectivity index (χ4n) is 2.08. The number of carbonyl (C=O) groups is 1. The monoisotopic (exact) mass is 216 g/mol. The van der Waals surface area contributed by atoms with Crippen molar-refractivity contribution in [2.45, 2.75) is 25.2 Å². The second-order valence-corrected chi connectivity index (χ2v) is 4.44. The molecule has 1 fully saturated rings. The van der Waals surface area contributed by atoms with Crippen molar-refractivity contribution in [3.8, 4) is 0 Å². The van der Waals surface area contributed by atoms with Gasteiger partial charge in [0.1, 0.15) is 11.2 Å². The predicted octanol–water partition coefficient (Wildman–Crippen LogP) is 1.99. The number of aromatic nitrogens is 2. The summed E-state index contributed by atoms with van der Waals surface area (Å²) in [6.07, 6.45) is 1.36. The molecule has 0 amide bonds. The molecule has 1 aromatic carbocycles. The number of rotatable bonds is 2. The summed E-state index contributed by atoms with van der Waals surface area (Å²) in [5, 5.41) is 9.19. The van der Waals surface area contributed by atoms with E-state index in [1.165, 1.54) is 0 Å². The lowest BCUT2D eigenvalue weighted by atomic mass is 10.1. The van der Waals surface area contributed by atoms with Crippen LogP contribution in [0.15, 0.2) is 18.2 Å². The van der Waals surface area contributed by atoms with E-state index in [1.54, 1.807) is 0 Å². The van der Waals surface area contributed by atoms with Crippen LogP contribution in [0, 0.1) is 6.92 Å². The first-order chi connectivity index (χ1) is 7.63. The van der Waals surface area contributed by atoms with Gasteiger partial charge in [0.15, 0.2) is 0 Å². The molecule has 16 heavy (non-hydrogen) atoms. The number of H-pyrrole nitrogens is 1. The molecule has 4 nitrogen and oxygen atoms in total. The topological polar surface area (TPSA) is 66.0 Å². The highest BCUT2D eigenvalue weighted by Crippen LogP contribution is 2.47. The van der Waals surface area contributed by atoms with Crippen LogP contribution in [0.1, 0.15) is 24.2 Å². The number of carboxylic acid groups (broad SMARTS) is 1. The Morgan fingerprint density at radius 3 is 2.81 bits per heavy atom. The number of imidazole rings is 1. The summed E-state index contributed by atoms with van der Waals surface area (Å²) in [7, 11) is 0. The first-order valence-electron chi connectivity index (χ1n) is 5.33. The third-order valence-corrected chi connectivity index (χ3v) is 3.33. The van der Waals surface area contributed by atoms with Crippen LogP contribution in [0.4, 0.5) is 0 Å². The Balaban J connectivity index is 2.20. The third-order valence-electron chi connectivity index (χ3n) is 3.33. The molecule has 4 heteroatoms. The molecule has 0 aliphatic heterocycles. The summed E-state index contributed by atoms with van der Waals surface area (Å²) in [5.41, 5.74) is 2.12. The molecule has 0 saturated heterocycles. The molecule has 1 aliphatic rings. The molecule has 0 bridgehead atoms. The summed E-state index contributed by atoms with van der Waals surface area (Å²) in [6.45, 7) is 1.98. The molecular formula is C12H12N2O2. The number of nitrogens with one attached hydrogen (secondary N) is 1. The van der Waals surface area contributed by atoms with Gasteiger partial charge in [-0.2, -0.15) is 0 Å². The van der Waals surface area contributed by atoms with Crippen molar-refractivity contribution in [2.24, 2.45) is 0 Å². The summed E-state index contributed by atoms with van der Waals surface area (Å²) < 4.78 is 0. The van der Waals surface area contributed by atoms with E-state index in [0.717, 1.165) is 16.6 Å². The first-order valence-corrected chi connectivity index (χ1v) is 5.33. The minimum atomic E-state index is -0.774. The predicted molar refractivity (Wildman–Crippen MR) is 59.4 cm³/mol.